The van der Waals surface area contributed by atoms with Crippen molar-refractivity contribution in [2.24, 2.45) is 0 Å². The number of aliphatic hydroxyl groups is 1. The second-order valence-electron chi connectivity index (χ2n) is 4.59. The molecule has 0 bridgehead atoms. The van der Waals surface area contributed by atoms with Crippen LogP contribution in [0.2, 0.25) is 0 Å². The zero-order chi connectivity index (χ0) is 14.3. The molecule has 0 aliphatic carbocycles. The minimum atomic E-state index is -0.993. The van der Waals surface area contributed by atoms with E-state index < -0.39 is 18.0 Å². The standard InChI is InChI=1S/C12H15FN2O3S/c1-6(2)15-10(17)9-7(3)8(4-16)19-11(9)14(5-13)12(15)18/h6,16H,4-5H2,1-3H3. The summed E-state index contributed by atoms with van der Waals surface area (Å²) >= 11 is 1.08. The highest BCUT2D eigenvalue weighted by Crippen LogP contribution is 2.27. The highest BCUT2D eigenvalue weighted by Gasteiger charge is 2.20. The van der Waals surface area contributed by atoms with Gasteiger partial charge < -0.3 is 5.11 Å². The Hall–Kier alpha value is -1.47. The number of hydrogen-bond acceptors (Lipinski definition) is 4. The number of aliphatic hydroxyl groups excluding tert-OH is 1. The maximum absolute atomic E-state index is 13.1. The summed E-state index contributed by atoms with van der Waals surface area (Å²) < 4.78 is 15.1. The van der Waals surface area contributed by atoms with Crippen LogP contribution in [0.1, 0.15) is 30.3 Å². The lowest BCUT2D eigenvalue weighted by atomic mass is 10.2. The van der Waals surface area contributed by atoms with Gasteiger partial charge in [0.05, 0.1) is 12.0 Å². The summed E-state index contributed by atoms with van der Waals surface area (Å²) in [6, 6.07) is -0.348. The van der Waals surface area contributed by atoms with Gasteiger partial charge in [0, 0.05) is 10.9 Å². The average molecular weight is 286 g/mol. The highest BCUT2D eigenvalue weighted by molar-refractivity contribution is 7.18. The average Bonchev–Trinajstić information content (AvgIpc) is 2.66. The molecular weight excluding hydrogens is 271 g/mol. The number of alkyl halides is 1. The summed E-state index contributed by atoms with van der Waals surface area (Å²) in [7, 11) is 0. The van der Waals surface area contributed by atoms with Crippen molar-refractivity contribution in [1.82, 2.24) is 9.13 Å². The Morgan fingerprint density at radius 1 is 1.37 bits per heavy atom. The molecule has 0 aliphatic heterocycles. The molecule has 0 unspecified atom stereocenters. The monoisotopic (exact) mass is 286 g/mol. The van der Waals surface area contributed by atoms with E-state index in [9.17, 15) is 19.1 Å². The van der Waals surface area contributed by atoms with Gasteiger partial charge in [-0.3, -0.25) is 13.9 Å². The number of thiophene rings is 1. The van der Waals surface area contributed by atoms with Crippen molar-refractivity contribution in [2.75, 3.05) is 0 Å². The Morgan fingerprint density at radius 3 is 2.47 bits per heavy atom. The molecule has 5 nitrogen and oxygen atoms in total. The molecule has 7 heteroatoms. The van der Waals surface area contributed by atoms with Gasteiger partial charge in [-0.15, -0.1) is 11.3 Å². The lowest BCUT2D eigenvalue weighted by Gasteiger charge is -2.12. The van der Waals surface area contributed by atoms with Crippen molar-refractivity contribution in [1.29, 1.82) is 0 Å². The van der Waals surface area contributed by atoms with E-state index in [0.29, 0.717) is 15.8 Å². The predicted octanol–water partition coefficient (Wildman–Crippen LogP) is 1.53. The van der Waals surface area contributed by atoms with Gasteiger partial charge in [0.2, 0.25) is 0 Å². The van der Waals surface area contributed by atoms with Crippen LogP contribution in [0.4, 0.5) is 4.39 Å². The molecule has 19 heavy (non-hydrogen) atoms. The number of fused-ring (bicyclic) bond motifs is 1. The number of halogens is 1. The van der Waals surface area contributed by atoms with E-state index in [1.54, 1.807) is 20.8 Å². The Labute approximate surface area is 112 Å². The van der Waals surface area contributed by atoms with Crippen molar-refractivity contribution in [3.8, 4) is 0 Å². The van der Waals surface area contributed by atoms with Gasteiger partial charge in [-0.25, -0.2) is 9.18 Å². The molecule has 0 fully saturated rings. The largest absolute Gasteiger partial charge is 0.391 e. The molecule has 0 saturated heterocycles. The fraction of sp³-hybridized carbons (Fsp3) is 0.500. The van der Waals surface area contributed by atoms with Crippen LogP contribution in [0.5, 0.6) is 0 Å². The third-order valence-corrected chi connectivity index (χ3v) is 4.42. The third-order valence-electron chi connectivity index (χ3n) is 3.12. The molecule has 1 N–H and O–H groups in total. The van der Waals surface area contributed by atoms with Crippen LogP contribution < -0.4 is 11.2 Å². The highest BCUT2D eigenvalue weighted by atomic mass is 32.1. The number of rotatable bonds is 3. The zero-order valence-electron chi connectivity index (χ0n) is 10.9. The smallest absolute Gasteiger partial charge is 0.334 e. The summed E-state index contributed by atoms with van der Waals surface area (Å²) in [4.78, 5) is 25.3. The molecule has 2 aromatic heterocycles. The van der Waals surface area contributed by atoms with Crippen LogP contribution in [0.25, 0.3) is 10.2 Å². The minimum Gasteiger partial charge on any atom is -0.391 e. The molecule has 2 heterocycles. The van der Waals surface area contributed by atoms with Gasteiger partial charge >= 0.3 is 5.69 Å². The molecule has 0 spiro atoms. The summed E-state index contributed by atoms with van der Waals surface area (Å²) in [5, 5.41) is 9.56. The van der Waals surface area contributed by atoms with E-state index in [2.05, 4.69) is 0 Å². The maximum Gasteiger partial charge on any atom is 0.334 e. The molecule has 2 rings (SSSR count). The Bertz CT molecular complexity index is 742. The predicted molar refractivity (Wildman–Crippen MR) is 72.5 cm³/mol. The number of aryl methyl sites for hydroxylation is 1. The van der Waals surface area contributed by atoms with Crippen molar-refractivity contribution in [2.45, 2.75) is 40.2 Å². The molecular formula is C12H15FN2O3S. The zero-order valence-corrected chi connectivity index (χ0v) is 11.8. The first-order chi connectivity index (χ1) is 8.93. The number of aromatic nitrogens is 2. The van der Waals surface area contributed by atoms with Crippen LogP contribution in [0.15, 0.2) is 9.59 Å². The first-order valence-electron chi connectivity index (χ1n) is 5.88. The first kappa shape index (κ1) is 14.0. The van der Waals surface area contributed by atoms with Gasteiger partial charge in [0.15, 0.2) is 6.80 Å². The van der Waals surface area contributed by atoms with E-state index in [4.69, 9.17) is 0 Å². The molecule has 0 aliphatic rings. The van der Waals surface area contributed by atoms with Gasteiger partial charge in [0.1, 0.15) is 4.83 Å². The second-order valence-corrected chi connectivity index (χ2v) is 5.67. The topological polar surface area (TPSA) is 64.2 Å². The lowest BCUT2D eigenvalue weighted by molar-refractivity contribution is 0.285. The molecule has 0 radical (unpaired) electrons. The summed E-state index contributed by atoms with van der Waals surface area (Å²) in [5.41, 5.74) is -0.460. The van der Waals surface area contributed by atoms with Gasteiger partial charge in [-0.2, -0.15) is 0 Å². The summed E-state index contributed by atoms with van der Waals surface area (Å²) in [5.74, 6) is 0. The first-order valence-corrected chi connectivity index (χ1v) is 6.69. The minimum absolute atomic E-state index is 0.229. The fourth-order valence-electron chi connectivity index (χ4n) is 2.12. The van der Waals surface area contributed by atoms with Crippen LogP contribution in [-0.4, -0.2) is 14.2 Å². The van der Waals surface area contributed by atoms with Crippen LogP contribution in [0.3, 0.4) is 0 Å². The quantitative estimate of drug-likeness (QED) is 0.930. The van der Waals surface area contributed by atoms with Crippen molar-refractivity contribution < 1.29 is 9.50 Å². The van der Waals surface area contributed by atoms with Crippen molar-refractivity contribution in [3.63, 3.8) is 0 Å². The Morgan fingerprint density at radius 2 is 2.00 bits per heavy atom. The van der Waals surface area contributed by atoms with E-state index in [1.165, 1.54) is 0 Å². The Kier molecular flexibility index (Phi) is 3.60. The summed E-state index contributed by atoms with van der Waals surface area (Å²) in [6.45, 7) is 3.88. The van der Waals surface area contributed by atoms with Crippen molar-refractivity contribution in [3.05, 3.63) is 31.3 Å². The lowest BCUT2D eigenvalue weighted by Crippen LogP contribution is -2.40. The van der Waals surface area contributed by atoms with Crippen LogP contribution in [0, 0.1) is 6.92 Å². The molecule has 0 aromatic carbocycles. The normalized spacial score (nSPS) is 11.7. The van der Waals surface area contributed by atoms with E-state index in [-0.39, 0.29) is 17.5 Å². The third kappa shape index (κ3) is 1.93. The molecule has 2 aromatic rings. The van der Waals surface area contributed by atoms with Crippen LogP contribution >= 0.6 is 11.3 Å². The molecule has 104 valence electrons. The van der Waals surface area contributed by atoms with Crippen LogP contribution in [-0.2, 0) is 13.4 Å². The number of nitrogens with zero attached hydrogens (tertiary/aromatic N) is 2. The number of hydrogen-bond donors (Lipinski definition) is 1. The fourth-order valence-corrected chi connectivity index (χ4v) is 3.25. The van der Waals surface area contributed by atoms with Gasteiger partial charge in [-0.1, -0.05) is 0 Å². The van der Waals surface area contributed by atoms with Crippen molar-refractivity contribution >= 4 is 21.6 Å². The summed E-state index contributed by atoms with van der Waals surface area (Å²) in [6.07, 6.45) is 0. The Balaban J connectivity index is 3.07. The SMILES string of the molecule is Cc1c(CO)sc2c1c(=O)n(C(C)C)c(=O)n2CF. The van der Waals surface area contributed by atoms with E-state index in [1.807, 2.05) is 0 Å². The maximum atomic E-state index is 13.1. The van der Waals surface area contributed by atoms with Gasteiger partial charge in [-0.05, 0) is 26.3 Å². The second kappa shape index (κ2) is 4.90. The van der Waals surface area contributed by atoms with E-state index >= 15 is 0 Å². The molecule has 0 saturated carbocycles. The molecule has 0 atom stereocenters. The van der Waals surface area contributed by atoms with E-state index in [0.717, 1.165) is 20.5 Å². The molecule has 0 amide bonds. The van der Waals surface area contributed by atoms with Gasteiger partial charge in [0.25, 0.3) is 5.56 Å².